The van der Waals surface area contributed by atoms with Gasteiger partial charge >= 0.3 is 12.1 Å². The summed E-state index contributed by atoms with van der Waals surface area (Å²) in [5.74, 6) is 3.05. The molecular formula is C78H104N10O23S2. The third-order valence-electron chi connectivity index (χ3n) is 18.2. The van der Waals surface area contributed by atoms with E-state index in [0.717, 1.165) is 28.5 Å². The van der Waals surface area contributed by atoms with Gasteiger partial charge in [0, 0.05) is 110 Å². The maximum absolute atomic E-state index is 14.5. The number of nitrogens with two attached hydrogens (primary N) is 1. The first kappa shape index (κ1) is 89.8. The van der Waals surface area contributed by atoms with Crippen molar-refractivity contribution in [1.29, 1.82) is 0 Å². The fourth-order valence-corrected chi connectivity index (χ4v) is 14.2. The van der Waals surface area contributed by atoms with Crippen molar-refractivity contribution < 1.29 is 102 Å². The summed E-state index contributed by atoms with van der Waals surface area (Å²) in [4.78, 5) is 107. The summed E-state index contributed by atoms with van der Waals surface area (Å²) >= 11 is 0. The molecule has 0 fully saturated rings. The number of rotatable bonds is 55. The number of ether oxygens (including phenoxy) is 12. The lowest BCUT2D eigenvalue weighted by Gasteiger charge is -2.35. The highest BCUT2D eigenvalue weighted by Crippen LogP contribution is 2.43. The van der Waals surface area contributed by atoms with Gasteiger partial charge in [-0.25, -0.2) is 46.1 Å². The first-order valence-electron chi connectivity index (χ1n) is 38.0. The lowest BCUT2D eigenvalue weighted by molar-refractivity contribution is -0.174. The molecular weight excluding hydrogens is 1510 g/mol. The van der Waals surface area contributed by atoms with Gasteiger partial charge in [-0.15, -0.1) is 5.10 Å². The predicted molar refractivity (Wildman–Crippen MR) is 412 cm³/mol. The number of carbonyl (C=O) groups excluding carboxylic acids is 6. The number of pyridine rings is 2. The molecule has 2 aliphatic rings. The summed E-state index contributed by atoms with van der Waals surface area (Å²) < 4.78 is 120. The Morgan fingerprint density at radius 1 is 0.708 bits per heavy atom. The van der Waals surface area contributed by atoms with E-state index in [9.17, 15) is 50.4 Å². The van der Waals surface area contributed by atoms with Crippen molar-refractivity contribution in [1.82, 2.24) is 38.8 Å². The number of hydrogen-bond acceptors (Lipinski definition) is 29. The summed E-state index contributed by atoms with van der Waals surface area (Å²) in [6, 6.07) is 14.6. The second-order valence-electron chi connectivity index (χ2n) is 27.1. The number of nitrogens with one attached hydrogen (secondary N) is 1. The second-order valence-corrected chi connectivity index (χ2v) is 31.0. The minimum absolute atomic E-state index is 0.0680. The van der Waals surface area contributed by atoms with Gasteiger partial charge in [0.05, 0.1) is 152 Å². The Bertz CT molecular complexity index is 4490. The maximum Gasteiger partial charge on any atom is 0.515 e. The number of aromatic nitrogens is 7. The Labute approximate surface area is 658 Å². The molecule has 0 spiro atoms. The van der Waals surface area contributed by atoms with Crippen LogP contribution in [0.2, 0.25) is 0 Å². The first-order chi connectivity index (χ1) is 54.5. The van der Waals surface area contributed by atoms with Crippen molar-refractivity contribution in [3.8, 4) is 29.0 Å². The third-order valence-corrected chi connectivity index (χ3v) is 20.5. The maximum atomic E-state index is 14.5. The predicted octanol–water partition coefficient (Wildman–Crippen LogP) is 5.87. The van der Waals surface area contributed by atoms with E-state index >= 15 is 0 Å². The quantitative estimate of drug-likeness (QED) is 0.0148. The number of esters is 1. The minimum atomic E-state index is -3.55. The molecule has 113 heavy (non-hydrogen) atoms. The fraction of sp³-hybridized carbons (Fsp3) is 0.564. The molecule has 4 aromatic heterocycles. The van der Waals surface area contributed by atoms with Gasteiger partial charge in [0.15, 0.2) is 11.6 Å². The normalized spacial score (nSPS) is 14.1. The summed E-state index contributed by atoms with van der Waals surface area (Å²) in [6.45, 7) is 11.6. The van der Waals surface area contributed by atoms with E-state index in [1.54, 1.807) is 43.8 Å². The van der Waals surface area contributed by atoms with Crippen LogP contribution in [0.15, 0.2) is 83.1 Å². The molecule has 2 atom stereocenters. The summed E-state index contributed by atoms with van der Waals surface area (Å²) in [6.07, 6.45) is 9.84. The Balaban J connectivity index is 0.609. The minimum Gasteiger partial charge on any atom is -0.457 e. The molecule has 3 N–H and O–H groups in total. The Morgan fingerprint density at radius 3 is 1.96 bits per heavy atom. The lowest BCUT2D eigenvalue weighted by Crippen LogP contribution is -2.48. The highest BCUT2D eigenvalue weighted by molar-refractivity contribution is 7.90. The van der Waals surface area contributed by atoms with E-state index in [4.69, 9.17) is 67.6 Å². The average molecular weight is 1610 g/mol. The number of aryl methyl sites for hydroxylation is 1. The van der Waals surface area contributed by atoms with Crippen molar-refractivity contribution in [2.75, 3.05) is 150 Å². The van der Waals surface area contributed by atoms with Gasteiger partial charge in [-0.3, -0.25) is 24.0 Å². The molecule has 2 aliphatic heterocycles. The number of sulfone groups is 1. The van der Waals surface area contributed by atoms with Crippen LogP contribution in [0.5, 0.6) is 5.75 Å². The number of carbonyl (C=O) groups is 6. The molecule has 2 aromatic carbocycles. The van der Waals surface area contributed by atoms with E-state index < -0.39 is 55.0 Å². The van der Waals surface area contributed by atoms with Crippen LogP contribution >= 0.6 is 0 Å². The zero-order chi connectivity index (χ0) is 81.0. The smallest absolute Gasteiger partial charge is 0.457 e. The van der Waals surface area contributed by atoms with Crippen LogP contribution < -0.4 is 21.3 Å². The van der Waals surface area contributed by atoms with Gasteiger partial charge in [-0.2, -0.15) is 4.31 Å². The molecule has 0 saturated carbocycles. The number of sulfonamides is 1. The van der Waals surface area contributed by atoms with Crippen LogP contribution in [0.3, 0.4) is 0 Å². The molecule has 0 aliphatic carbocycles. The number of hydrogen-bond donors (Lipinski definition) is 2. The van der Waals surface area contributed by atoms with Crippen molar-refractivity contribution >= 4 is 71.8 Å². The van der Waals surface area contributed by atoms with E-state index in [2.05, 4.69) is 37.4 Å². The molecule has 1 amide bonds. The number of para-hydroxylation sites is 1. The molecule has 0 saturated heterocycles. The number of nitrogens with zero attached hydrogens (tertiary/aromatic N) is 8. The van der Waals surface area contributed by atoms with Gasteiger partial charge in [0.1, 0.15) is 31.4 Å². The lowest BCUT2D eigenvalue weighted by atomic mass is 9.85. The Morgan fingerprint density at radius 2 is 1.34 bits per heavy atom. The standard InChI is InChI=1S/C78H104N10O23S2/c1-6-78(69-48-71-72-67(52-87(71)74(93)68(69)55-109-75(78)94)65(66-22-10-11-23-70(66)83-72)26-28-88(56(2)3)113(5,98)99)111-77(95)110-64-21-14-18-59(47-64)82-73(92)58(17-12-13-27-79)46-63(91)54-108-53-62(90)20-15-30-100-32-34-102-36-38-104-40-42-106-44-45-107-43-41-105-39-37-103-35-33-101-31-29-86-51-60(84-85-86)24-25-61(89)19-9-7-8-16-57-49-80-76(81-50-57)112(4,96)97/h10-11,14,18,21-23,47-51,56,58H,6-7,9,12-13,15,17,19-20,24-46,52-55,79H2,1-5H3,(H,82,92)/t58-,78+/m1/s1. The number of Topliss-reactive ketones (excluding diaryl/α,β-unsaturated/α-hetero) is 3. The van der Waals surface area contributed by atoms with Crippen molar-refractivity contribution in [2.45, 2.75) is 141 Å². The van der Waals surface area contributed by atoms with Crippen LogP contribution in [-0.2, 0) is 134 Å². The number of fused-ring (bicyclic) bond motifs is 5. The summed E-state index contributed by atoms with van der Waals surface area (Å²) in [5, 5.41) is 11.6. The molecule has 33 nitrogen and oxygen atoms in total. The van der Waals surface area contributed by atoms with Crippen LogP contribution in [0, 0.1) is 17.8 Å². The van der Waals surface area contributed by atoms with Crippen LogP contribution in [0.25, 0.3) is 22.3 Å². The zero-order valence-corrected chi connectivity index (χ0v) is 66.5. The Kier molecular flexibility index (Phi) is 37.0. The average Bonchev–Trinajstić information content (AvgIpc) is 1.62. The molecule has 8 rings (SSSR count). The van der Waals surface area contributed by atoms with E-state index in [1.165, 1.54) is 45.7 Å². The van der Waals surface area contributed by atoms with Gasteiger partial charge < -0.3 is 72.5 Å². The second kappa shape index (κ2) is 46.6. The van der Waals surface area contributed by atoms with Crippen LogP contribution in [0.1, 0.15) is 125 Å². The van der Waals surface area contributed by atoms with Crippen LogP contribution in [0.4, 0.5) is 10.5 Å². The largest absolute Gasteiger partial charge is 0.515 e. The van der Waals surface area contributed by atoms with E-state index in [0.29, 0.717) is 205 Å². The molecule has 616 valence electrons. The Hall–Kier alpha value is -8.74. The molecule has 6 heterocycles. The number of cyclic esters (lactones) is 1. The first-order valence-corrected chi connectivity index (χ1v) is 41.7. The summed E-state index contributed by atoms with van der Waals surface area (Å²) in [5.41, 5.74) is 7.80. The number of amides is 1. The number of unbranched alkanes of at least 4 members (excludes halogenated alkanes) is 2. The number of benzene rings is 2. The third kappa shape index (κ3) is 28.9. The van der Waals surface area contributed by atoms with E-state index in [-0.39, 0.29) is 103 Å². The van der Waals surface area contributed by atoms with Crippen LogP contribution in [-0.4, -0.2) is 242 Å². The molecule has 6 aromatic rings. The van der Waals surface area contributed by atoms with Crippen molar-refractivity contribution in [3.05, 3.63) is 117 Å². The van der Waals surface area contributed by atoms with Gasteiger partial charge in [-0.1, -0.05) is 54.7 Å². The van der Waals surface area contributed by atoms with Crippen molar-refractivity contribution in [2.24, 2.45) is 11.7 Å². The highest BCUT2D eigenvalue weighted by Gasteiger charge is 2.51. The zero-order valence-electron chi connectivity index (χ0n) is 64.9. The molecule has 0 bridgehead atoms. The summed E-state index contributed by atoms with van der Waals surface area (Å²) in [7, 11) is -7.02. The van der Waals surface area contributed by atoms with Gasteiger partial charge in [0.2, 0.25) is 36.5 Å². The van der Waals surface area contributed by atoms with Gasteiger partial charge in [0.25, 0.3) is 5.56 Å². The molecule has 0 radical (unpaired) electrons. The molecule has 35 heteroatoms. The fourth-order valence-electron chi connectivity index (χ4n) is 12.5. The SMILES string of the molecule is CC[C@@]1(OC(=O)Oc2cccc(NC(=O)[C@H](CCCCN)CC(=O)COCC(=O)CCCOCCOCCOCCOCCOCCOCCOCCOCCn3cc(CCC(=O)CCCC#Cc4cnc(S(C)(=O)=O)nc4)nn3)c2)C(=O)OCc2c1cc1n(c2=O)Cc2c-1nc1ccccc1c2CCN(C(C)C)S(C)(=O)=O. The molecule has 0 unspecified atom stereocenters. The van der Waals surface area contributed by atoms with E-state index in [1.807, 2.05) is 24.3 Å². The topological polar surface area (TPSA) is 414 Å². The number of ketones is 3. The van der Waals surface area contributed by atoms with Gasteiger partial charge in [-0.05, 0) is 95.2 Å². The monoisotopic (exact) mass is 1610 g/mol. The van der Waals surface area contributed by atoms with Crippen molar-refractivity contribution in [3.63, 3.8) is 0 Å². The highest BCUT2D eigenvalue weighted by atomic mass is 32.2. The number of anilines is 1.